The molecule has 1 aromatic heterocycles. The molecule has 1 N–H and O–H groups in total. The summed E-state index contributed by atoms with van der Waals surface area (Å²) in [5, 5.41) is 11.7. The van der Waals surface area contributed by atoms with E-state index in [9.17, 15) is 0 Å². The number of nitriles is 1. The fraction of sp³-hybridized carbons (Fsp3) is 0.214. The summed E-state index contributed by atoms with van der Waals surface area (Å²) < 4.78 is 7.21. The molecular formula is C14H15N3O. The summed E-state index contributed by atoms with van der Waals surface area (Å²) >= 11 is 0. The average Bonchev–Trinajstić information content (AvgIpc) is 2.81. The molecule has 0 aliphatic rings. The predicted molar refractivity (Wildman–Crippen MR) is 70.3 cm³/mol. The van der Waals surface area contributed by atoms with Gasteiger partial charge in [0, 0.05) is 31.7 Å². The first kappa shape index (κ1) is 12.1. The van der Waals surface area contributed by atoms with Gasteiger partial charge < -0.3 is 14.6 Å². The van der Waals surface area contributed by atoms with Crippen molar-refractivity contribution in [2.24, 2.45) is 7.05 Å². The van der Waals surface area contributed by atoms with Crippen LogP contribution in [0.5, 0.6) is 5.75 Å². The number of hydrogen-bond donors (Lipinski definition) is 1. The van der Waals surface area contributed by atoms with Crippen LogP contribution in [0.4, 0.5) is 5.69 Å². The van der Waals surface area contributed by atoms with Crippen molar-refractivity contribution in [1.82, 2.24) is 4.57 Å². The molecule has 0 aliphatic heterocycles. The summed E-state index contributed by atoms with van der Waals surface area (Å²) in [4.78, 5) is 0. The van der Waals surface area contributed by atoms with Crippen molar-refractivity contribution in [1.29, 1.82) is 5.26 Å². The molecule has 0 fully saturated rings. The van der Waals surface area contributed by atoms with Gasteiger partial charge in [0.05, 0.1) is 0 Å². The maximum absolute atomic E-state index is 8.41. The third-order valence-corrected chi connectivity index (χ3v) is 2.55. The Labute approximate surface area is 106 Å². The number of aromatic nitrogens is 1. The van der Waals surface area contributed by atoms with Gasteiger partial charge >= 0.3 is 0 Å². The molecule has 0 saturated carbocycles. The molecule has 0 aliphatic carbocycles. The Morgan fingerprint density at radius 2 is 2.06 bits per heavy atom. The lowest BCUT2D eigenvalue weighted by Gasteiger charge is -2.06. The Kier molecular flexibility index (Phi) is 3.87. The fourth-order valence-electron chi connectivity index (χ4n) is 1.65. The molecular weight excluding hydrogens is 226 g/mol. The zero-order valence-electron chi connectivity index (χ0n) is 10.3. The lowest BCUT2D eigenvalue weighted by molar-refractivity contribution is 0.368. The summed E-state index contributed by atoms with van der Waals surface area (Å²) in [6.45, 7) is 0.871. The van der Waals surface area contributed by atoms with Gasteiger partial charge in [-0.15, -0.1) is 0 Å². The molecule has 1 aromatic carbocycles. The van der Waals surface area contributed by atoms with Crippen molar-refractivity contribution in [3.8, 4) is 11.8 Å². The number of hydrogen-bond acceptors (Lipinski definition) is 3. The van der Waals surface area contributed by atoms with E-state index in [-0.39, 0.29) is 6.61 Å². The van der Waals surface area contributed by atoms with E-state index in [4.69, 9.17) is 10.00 Å². The number of nitrogens with zero attached hydrogens (tertiary/aromatic N) is 2. The zero-order valence-corrected chi connectivity index (χ0v) is 10.3. The number of ether oxygens (including phenoxy) is 1. The third-order valence-electron chi connectivity index (χ3n) is 2.55. The van der Waals surface area contributed by atoms with Crippen molar-refractivity contribution in [3.63, 3.8) is 0 Å². The SMILES string of the molecule is Cn1ccc(CNc2ccc(OCC#N)cc2)c1. The lowest BCUT2D eigenvalue weighted by Crippen LogP contribution is -1.98. The van der Waals surface area contributed by atoms with Crippen LogP contribution in [0.1, 0.15) is 5.56 Å². The average molecular weight is 241 g/mol. The van der Waals surface area contributed by atoms with E-state index in [0.717, 1.165) is 12.2 Å². The molecule has 0 spiro atoms. The molecule has 92 valence electrons. The first-order valence-electron chi connectivity index (χ1n) is 5.72. The maximum atomic E-state index is 8.41. The van der Waals surface area contributed by atoms with Crippen LogP contribution in [0.25, 0.3) is 0 Å². The molecule has 2 aromatic rings. The van der Waals surface area contributed by atoms with Gasteiger partial charge in [0.1, 0.15) is 11.8 Å². The molecule has 0 atom stereocenters. The van der Waals surface area contributed by atoms with Gasteiger partial charge in [0.25, 0.3) is 0 Å². The van der Waals surface area contributed by atoms with Gasteiger partial charge in [0.15, 0.2) is 6.61 Å². The number of anilines is 1. The van der Waals surface area contributed by atoms with Crippen LogP contribution < -0.4 is 10.1 Å². The Bertz CT molecular complexity index is 537. The number of aryl methyl sites for hydroxylation is 1. The lowest BCUT2D eigenvalue weighted by atomic mass is 10.3. The minimum absolute atomic E-state index is 0.0801. The molecule has 4 nitrogen and oxygen atoms in total. The topological polar surface area (TPSA) is 50.0 Å². The number of rotatable bonds is 5. The highest BCUT2D eigenvalue weighted by Crippen LogP contribution is 2.16. The summed E-state index contributed by atoms with van der Waals surface area (Å²) in [5.74, 6) is 0.710. The molecule has 2 rings (SSSR count). The van der Waals surface area contributed by atoms with Gasteiger partial charge in [-0.05, 0) is 35.9 Å². The molecule has 1 heterocycles. The largest absolute Gasteiger partial charge is 0.479 e. The number of nitrogens with one attached hydrogen (secondary N) is 1. The quantitative estimate of drug-likeness (QED) is 0.875. The van der Waals surface area contributed by atoms with Crippen LogP contribution >= 0.6 is 0 Å². The van der Waals surface area contributed by atoms with Crippen LogP contribution in [0.2, 0.25) is 0 Å². The van der Waals surface area contributed by atoms with Crippen molar-refractivity contribution in [2.75, 3.05) is 11.9 Å². The highest BCUT2D eigenvalue weighted by molar-refractivity contribution is 5.46. The standard InChI is InChI=1S/C14H15N3O/c1-17-8-6-12(11-17)10-16-13-2-4-14(5-3-13)18-9-7-15/h2-6,8,11,16H,9-10H2,1H3. The molecule has 0 unspecified atom stereocenters. The van der Waals surface area contributed by atoms with Gasteiger partial charge in [-0.2, -0.15) is 5.26 Å². The Hall–Kier alpha value is -2.41. The maximum Gasteiger partial charge on any atom is 0.174 e. The zero-order chi connectivity index (χ0) is 12.8. The van der Waals surface area contributed by atoms with Crippen LogP contribution in [0.15, 0.2) is 42.7 Å². The van der Waals surface area contributed by atoms with Crippen molar-refractivity contribution in [3.05, 3.63) is 48.3 Å². The van der Waals surface area contributed by atoms with Crippen molar-refractivity contribution in [2.45, 2.75) is 6.54 Å². The smallest absolute Gasteiger partial charge is 0.174 e. The molecule has 0 amide bonds. The molecule has 0 bridgehead atoms. The van der Waals surface area contributed by atoms with E-state index in [1.165, 1.54) is 5.56 Å². The Morgan fingerprint density at radius 1 is 1.28 bits per heavy atom. The van der Waals surface area contributed by atoms with Crippen LogP contribution in [-0.4, -0.2) is 11.2 Å². The molecule has 4 heteroatoms. The first-order chi connectivity index (χ1) is 8.78. The highest BCUT2D eigenvalue weighted by atomic mass is 16.5. The van der Waals surface area contributed by atoms with Gasteiger partial charge in [-0.3, -0.25) is 0 Å². The summed E-state index contributed by atoms with van der Waals surface area (Å²) in [5.41, 5.74) is 2.27. The van der Waals surface area contributed by atoms with Gasteiger partial charge in [-0.1, -0.05) is 0 Å². The van der Waals surface area contributed by atoms with Crippen LogP contribution in [0, 0.1) is 11.3 Å². The Balaban J connectivity index is 1.88. The summed E-state index contributed by atoms with van der Waals surface area (Å²) in [7, 11) is 2.00. The normalized spacial score (nSPS) is 9.78. The second-order valence-electron chi connectivity index (χ2n) is 4.01. The van der Waals surface area contributed by atoms with Crippen molar-refractivity contribution >= 4 is 5.69 Å². The first-order valence-corrected chi connectivity index (χ1v) is 5.72. The molecule has 0 radical (unpaired) electrons. The van der Waals surface area contributed by atoms with E-state index >= 15 is 0 Å². The van der Waals surface area contributed by atoms with E-state index in [1.807, 2.05) is 48.1 Å². The second-order valence-corrected chi connectivity index (χ2v) is 4.01. The monoisotopic (exact) mass is 241 g/mol. The molecule has 18 heavy (non-hydrogen) atoms. The summed E-state index contributed by atoms with van der Waals surface area (Å²) in [6, 6.07) is 11.6. The van der Waals surface area contributed by atoms with Crippen molar-refractivity contribution < 1.29 is 4.74 Å². The van der Waals surface area contributed by atoms with Gasteiger partial charge in [0.2, 0.25) is 0 Å². The van der Waals surface area contributed by atoms with Crippen LogP contribution in [0.3, 0.4) is 0 Å². The predicted octanol–water partition coefficient (Wildman–Crippen LogP) is 2.54. The summed E-state index contributed by atoms with van der Waals surface area (Å²) in [6.07, 6.45) is 4.10. The fourth-order valence-corrected chi connectivity index (χ4v) is 1.65. The number of benzene rings is 1. The van der Waals surface area contributed by atoms with E-state index in [2.05, 4.69) is 17.6 Å². The third kappa shape index (κ3) is 3.29. The highest BCUT2D eigenvalue weighted by Gasteiger charge is 1.97. The van der Waals surface area contributed by atoms with E-state index in [1.54, 1.807) is 0 Å². The van der Waals surface area contributed by atoms with Crippen LogP contribution in [-0.2, 0) is 13.6 Å². The Morgan fingerprint density at radius 3 is 2.67 bits per heavy atom. The van der Waals surface area contributed by atoms with E-state index in [0.29, 0.717) is 5.75 Å². The minimum Gasteiger partial charge on any atom is -0.479 e. The molecule has 0 saturated heterocycles. The van der Waals surface area contributed by atoms with Gasteiger partial charge in [-0.25, -0.2) is 0 Å². The minimum atomic E-state index is 0.0801. The second kappa shape index (κ2) is 5.78. The van der Waals surface area contributed by atoms with E-state index < -0.39 is 0 Å².